The van der Waals surface area contributed by atoms with Crippen molar-refractivity contribution in [2.75, 3.05) is 6.54 Å². The lowest BCUT2D eigenvalue weighted by molar-refractivity contribution is -0.128. The third-order valence-corrected chi connectivity index (χ3v) is 5.92. The lowest BCUT2D eigenvalue weighted by Crippen LogP contribution is -2.24. The Labute approximate surface area is 154 Å². The van der Waals surface area contributed by atoms with Crippen LogP contribution < -0.4 is 5.56 Å². The molecule has 3 heterocycles. The lowest BCUT2D eigenvalue weighted by Gasteiger charge is -2.18. The van der Waals surface area contributed by atoms with E-state index in [0.29, 0.717) is 24.2 Å². The molecule has 1 aromatic carbocycles. The SMILES string of the molecule is O=C1C(c2cccc(Cc3n[nH]c(=O)c4c3CCCC4)c2F)C(=O)N2CC12. The zero-order valence-electron chi connectivity index (χ0n) is 14.6. The van der Waals surface area contributed by atoms with Gasteiger partial charge in [-0.25, -0.2) is 9.49 Å². The molecule has 5 rings (SSSR count). The van der Waals surface area contributed by atoms with Crippen LogP contribution in [-0.4, -0.2) is 39.4 Å². The minimum absolute atomic E-state index is 0.146. The molecule has 0 saturated carbocycles. The van der Waals surface area contributed by atoms with E-state index in [-0.39, 0.29) is 35.3 Å². The monoisotopic (exact) mass is 367 g/mol. The molecule has 138 valence electrons. The molecule has 0 spiro atoms. The number of H-pyrrole nitrogens is 1. The van der Waals surface area contributed by atoms with E-state index >= 15 is 4.39 Å². The summed E-state index contributed by atoms with van der Waals surface area (Å²) in [5.41, 5.74) is 2.69. The van der Waals surface area contributed by atoms with Crippen molar-refractivity contribution < 1.29 is 14.0 Å². The second-order valence-electron chi connectivity index (χ2n) is 7.50. The molecule has 2 unspecified atom stereocenters. The van der Waals surface area contributed by atoms with Crippen LogP contribution in [0.25, 0.3) is 0 Å². The summed E-state index contributed by atoms with van der Waals surface area (Å²) in [6.45, 7) is 0.461. The molecule has 0 bridgehead atoms. The highest BCUT2D eigenvalue weighted by Gasteiger charge is 2.58. The first-order valence-corrected chi connectivity index (χ1v) is 9.27. The van der Waals surface area contributed by atoms with E-state index in [4.69, 9.17) is 0 Å². The molecule has 2 aliphatic heterocycles. The highest BCUT2D eigenvalue weighted by atomic mass is 19.1. The Bertz CT molecular complexity index is 1030. The summed E-state index contributed by atoms with van der Waals surface area (Å²) in [7, 11) is 0. The fourth-order valence-electron chi connectivity index (χ4n) is 4.41. The molecule has 1 amide bonds. The number of amides is 1. The Kier molecular flexibility index (Phi) is 3.54. The van der Waals surface area contributed by atoms with Gasteiger partial charge in [0, 0.05) is 24.1 Å². The van der Waals surface area contributed by atoms with Gasteiger partial charge in [0.2, 0.25) is 5.91 Å². The number of carbonyl (C=O) groups excluding carboxylic acids is 2. The molecule has 7 heteroatoms. The number of aromatic nitrogens is 2. The number of fused-ring (bicyclic) bond motifs is 2. The first-order valence-electron chi connectivity index (χ1n) is 9.27. The van der Waals surface area contributed by atoms with Crippen LogP contribution in [0.5, 0.6) is 0 Å². The number of rotatable bonds is 3. The summed E-state index contributed by atoms with van der Waals surface area (Å²) < 4.78 is 15.2. The Morgan fingerprint density at radius 3 is 2.67 bits per heavy atom. The second kappa shape index (κ2) is 5.84. The molecule has 6 nitrogen and oxygen atoms in total. The van der Waals surface area contributed by atoms with Crippen LogP contribution in [0, 0.1) is 5.82 Å². The van der Waals surface area contributed by atoms with Gasteiger partial charge in [0.1, 0.15) is 17.8 Å². The molecule has 1 N–H and O–H groups in total. The van der Waals surface area contributed by atoms with Gasteiger partial charge in [0.05, 0.1) is 5.69 Å². The van der Waals surface area contributed by atoms with E-state index in [1.165, 1.54) is 11.0 Å². The number of hydrogen-bond acceptors (Lipinski definition) is 4. The van der Waals surface area contributed by atoms with E-state index in [0.717, 1.165) is 30.4 Å². The van der Waals surface area contributed by atoms with Crippen LogP contribution in [0.2, 0.25) is 0 Å². The van der Waals surface area contributed by atoms with Crippen molar-refractivity contribution in [1.82, 2.24) is 15.1 Å². The molecule has 3 aliphatic rings. The van der Waals surface area contributed by atoms with E-state index in [2.05, 4.69) is 10.2 Å². The largest absolute Gasteiger partial charge is 0.327 e. The summed E-state index contributed by atoms with van der Waals surface area (Å²) in [6.07, 6.45) is 3.65. The van der Waals surface area contributed by atoms with Crippen LogP contribution in [0.4, 0.5) is 4.39 Å². The zero-order chi connectivity index (χ0) is 18.7. The Balaban J connectivity index is 1.52. The van der Waals surface area contributed by atoms with Gasteiger partial charge in [-0.3, -0.25) is 14.4 Å². The fraction of sp³-hybridized carbons (Fsp3) is 0.400. The van der Waals surface area contributed by atoms with Gasteiger partial charge in [-0.1, -0.05) is 18.2 Å². The van der Waals surface area contributed by atoms with E-state index in [1.807, 2.05) is 0 Å². The van der Waals surface area contributed by atoms with Crippen molar-refractivity contribution >= 4 is 11.7 Å². The number of benzene rings is 1. The Morgan fingerprint density at radius 2 is 1.93 bits per heavy atom. The molecular weight excluding hydrogens is 349 g/mol. The summed E-state index contributed by atoms with van der Waals surface area (Å²) in [6, 6.07) is 4.47. The second-order valence-corrected chi connectivity index (χ2v) is 7.50. The highest BCUT2D eigenvalue weighted by Crippen LogP contribution is 2.39. The minimum Gasteiger partial charge on any atom is -0.327 e. The Hall–Kier alpha value is -2.83. The van der Waals surface area contributed by atoms with Crippen molar-refractivity contribution in [2.45, 2.75) is 44.1 Å². The average Bonchev–Trinajstić information content (AvgIpc) is 3.43. The van der Waals surface area contributed by atoms with Gasteiger partial charge in [-0.15, -0.1) is 0 Å². The Morgan fingerprint density at radius 1 is 1.15 bits per heavy atom. The standard InChI is InChI=1S/C20H18FN3O3/c21-17-10(8-14-11-5-1-2-6-12(11)19(26)23-22-14)4-3-7-13(17)16-18(25)15-9-24(15)20(16)27/h3-4,7,15-16H,1-2,5-6,8-9H2,(H,23,26). The maximum atomic E-state index is 15.2. The smallest absolute Gasteiger partial charge is 0.267 e. The summed E-state index contributed by atoms with van der Waals surface area (Å²) in [5, 5.41) is 6.68. The van der Waals surface area contributed by atoms with Gasteiger partial charge in [-0.2, -0.15) is 5.10 Å². The van der Waals surface area contributed by atoms with Gasteiger partial charge in [-0.05, 0) is 36.8 Å². The number of ketones is 1. The average molecular weight is 367 g/mol. The van der Waals surface area contributed by atoms with E-state index < -0.39 is 11.7 Å². The molecule has 2 aromatic rings. The first-order chi connectivity index (χ1) is 13.1. The highest BCUT2D eigenvalue weighted by molar-refractivity contribution is 6.18. The number of carbonyl (C=O) groups is 2. The molecule has 2 atom stereocenters. The number of hydrogen-bond donors (Lipinski definition) is 1. The summed E-state index contributed by atoms with van der Waals surface area (Å²) in [4.78, 5) is 38.1. The predicted molar refractivity (Wildman–Crippen MR) is 94.0 cm³/mol. The van der Waals surface area contributed by atoms with Crippen molar-refractivity contribution in [3.8, 4) is 0 Å². The van der Waals surface area contributed by atoms with Gasteiger partial charge >= 0.3 is 0 Å². The van der Waals surface area contributed by atoms with Crippen LogP contribution in [0.15, 0.2) is 23.0 Å². The molecule has 1 aromatic heterocycles. The van der Waals surface area contributed by atoms with Crippen LogP contribution in [0.3, 0.4) is 0 Å². The fourth-order valence-corrected chi connectivity index (χ4v) is 4.41. The molecule has 27 heavy (non-hydrogen) atoms. The predicted octanol–water partition coefficient (Wildman–Crippen LogP) is 1.26. The van der Waals surface area contributed by atoms with Crippen LogP contribution in [-0.2, 0) is 28.9 Å². The van der Waals surface area contributed by atoms with Crippen molar-refractivity contribution in [3.63, 3.8) is 0 Å². The van der Waals surface area contributed by atoms with Crippen LogP contribution in [0.1, 0.15) is 46.7 Å². The lowest BCUT2D eigenvalue weighted by atomic mass is 9.88. The third-order valence-electron chi connectivity index (χ3n) is 5.92. The number of aromatic amines is 1. The third kappa shape index (κ3) is 2.44. The topological polar surface area (TPSA) is 82.9 Å². The number of Topliss-reactive ketones (excluding diaryl/α,β-unsaturated/α-hetero) is 1. The van der Waals surface area contributed by atoms with Gasteiger partial charge in [0.25, 0.3) is 5.56 Å². The molecule has 0 radical (unpaired) electrons. The maximum absolute atomic E-state index is 15.2. The van der Waals surface area contributed by atoms with Crippen molar-refractivity contribution in [1.29, 1.82) is 0 Å². The molecule has 1 aliphatic carbocycles. The minimum atomic E-state index is -1.03. The number of nitrogens with one attached hydrogen (secondary N) is 1. The maximum Gasteiger partial charge on any atom is 0.267 e. The summed E-state index contributed by atoms with van der Waals surface area (Å²) >= 11 is 0. The van der Waals surface area contributed by atoms with E-state index in [9.17, 15) is 14.4 Å². The quantitative estimate of drug-likeness (QED) is 0.654. The van der Waals surface area contributed by atoms with Gasteiger partial charge in [0.15, 0.2) is 5.78 Å². The number of piperidine rings is 1. The number of halogens is 1. The molecular formula is C20H18FN3O3. The van der Waals surface area contributed by atoms with E-state index in [1.54, 1.807) is 12.1 Å². The van der Waals surface area contributed by atoms with Crippen molar-refractivity contribution in [2.24, 2.45) is 0 Å². The normalized spacial score (nSPS) is 23.4. The number of nitrogens with zero attached hydrogens (tertiary/aromatic N) is 2. The summed E-state index contributed by atoms with van der Waals surface area (Å²) in [5.74, 6) is -2.07. The first kappa shape index (κ1) is 16.4. The molecule has 2 fully saturated rings. The zero-order valence-corrected chi connectivity index (χ0v) is 14.6. The molecule has 2 saturated heterocycles. The van der Waals surface area contributed by atoms with Crippen molar-refractivity contribution in [3.05, 3.63) is 62.3 Å². The van der Waals surface area contributed by atoms with Gasteiger partial charge < -0.3 is 4.90 Å². The van der Waals surface area contributed by atoms with Crippen LogP contribution >= 0.6 is 0 Å².